The second-order valence-corrected chi connectivity index (χ2v) is 7.58. The van der Waals surface area contributed by atoms with E-state index < -0.39 is 15.9 Å². The third-order valence-electron chi connectivity index (χ3n) is 3.55. The van der Waals surface area contributed by atoms with Crippen LogP contribution < -0.4 is 10.0 Å². The fourth-order valence-corrected chi connectivity index (χ4v) is 2.97. The van der Waals surface area contributed by atoms with Crippen molar-refractivity contribution in [2.24, 2.45) is 0 Å². The first-order chi connectivity index (χ1) is 12.8. The smallest absolute Gasteiger partial charge is 0.244 e. The van der Waals surface area contributed by atoms with Crippen LogP contribution in [0.4, 0.5) is 0 Å². The standard InChI is InChI=1S/C18H21N3O5S/c1-21(2)18(23)13-19-17(22)10-7-14-5-8-16(9-6-14)27(24,25)20-12-15-4-3-11-26-15/h3-11,20H,12-13H2,1-2H3,(H,19,22)/b10-7+. The van der Waals surface area contributed by atoms with Crippen molar-refractivity contribution in [3.63, 3.8) is 0 Å². The predicted molar refractivity (Wildman–Crippen MR) is 99.9 cm³/mol. The zero-order chi connectivity index (χ0) is 19.9. The van der Waals surface area contributed by atoms with Gasteiger partial charge in [0.2, 0.25) is 21.8 Å². The summed E-state index contributed by atoms with van der Waals surface area (Å²) in [5.41, 5.74) is 0.647. The van der Waals surface area contributed by atoms with Crippen molar-refractivity contribution in [3.8, 4) is 0 Å². The van der Waals surface area contributed by atoms with Crippen molar-refractivity contribution in [3.05, 3.63) is 60.1 Å². The van der Waals surface area contributed by atoms with Gasteiger partial charge in [-0.15, -0.1) is 0 Å². The molecule has 0 spiro atoms. The quantitative estimate of drug-likeness (QED) is 0.652. The molecule has 0 radical (unpaired) electrons. The van der Waals surface area contributed by atoms with E-state index in [1.807, 2.05) is 0 Å². The van der Waals surface area contributed by atoms with Crippen molar-refractivity contribution < 1.29 is 22.4 Å². The Morgan fingerprint density at radius 1 is 1.15 bits per heavy atom. The van der Waals surface area contributed by atoms with E-state index in [9.17, 15) is 18.0 Å². The number of furan rings is 1. The fourth-order valence-electron chi connectivity index (χ4n) is 1.97. The Kier molecular flexibility index (Phi) is 6.91. The summed E-state index contributed by atoms with van der Waals surface area (Å²) < 4.78 is 32.0. The monoisotopic (exact) mass is 391 g/mol. The molecule has 1 aromatic heterocycles. The summed E-state index contributed by atoms with van der Waals surface area (Å²) in [7, 11) is -0.465. The van der Waals surface area contributed by atoms with Crippen LogP contribution in [-0.2, 0) is 26.2 Å². The second kappa shape index (κ2) is 9.15. The summed E-state index contributed by atoms with van der Waals surface area (Å²) in [4.78, 5) is 24.6. The van der Waals surface area contributed by atoms with Crippen molar-refractivity contribution in [2.75, 3.05) is 20.6 Å². The third-order valence-corrected chi connectivity index (χ3v) is 4.96. The average molecular weight is 391 g/mol. The van der Waals surface area contributed by atoms with E-state index >= 15 is 0 Å². The number of carbonyl (C=O) groups excluding carboxylic acids is 2. The van der Waals surface area contributed by atoms with E-state index in [4.69, 9.17) is 4.42 Å². The molecule has 0 bridgehead atoms. The van der Waals surface area contributed by atoms with Crippen molar-refractivity contribution in [1.29, 1.82) is 0 Å². The van der Waals surface area contributed by atoms with Crippen LogP contribution in [0.2, 0.25) is 0 Å². The third kappa shape index (κ3) is 6.39. The number of nitrogens with one attached hydrogen (secondary N) is 2. The Bertz CT molecular complexity index is 901. The molecule has 0 aliphatic heterocycles. The van der Waals surface area contributed by atoms with Gasteiger partial charge in [0.1, 0.15) is 5.76 Å². The minimum atomic E-state index is -3.67. The van der Waals surface area contributed by atoms with E-state index in [1.165, 1.54) is 35.4 Å². The molecule has 9 heteroatoms. The molecule has 0 saturated heterocycles. The molecule has 2 amide bonds. The Hall–Kier alpha value is -2.91. The topological polar surface area (TPSA) is 109 Å². The lowest BCUT2D eigenvalue weighted by Crippen LogP contribution is -2.35. The molecule has 1 aromatic carbocycles. The Morgan fingerprint density at radius 3 is 2.44 bits per heavy atom. The number of hydrogen-bond acceptors (Lipinski definition) is 5. The minimum Gasteiger partial charge on any atom is -0.468 e. The lowest BCUT2D eigenvalue weighted by Gasteiger charge is -2.09. The highest BCUT2D eigenvalue weighted by Crippen LogP contribution is 2.12. The van der Waals surface area contributed by atoms with E-state index in [0.717, 1.165) is 0 Å². The van der Waals surface area contributed by atoms with Gasteiger partial charge in [0.25, 0.3) is 0 Å². The Morgan fingerprint density at radius 2 is 1.85 bits per heavy atom. The highest BCUT2D eigenvalue weighted by atomic mass is 32.2. The van der Waals surface area contributed by atoms with E-state index in [1.54, 1.807) is 38.4 Å². The largest absolute Gasteiger partial charge is 0.468 e. The molecule has 8 nitrogen and oxygen atoms in total. The van der Waals surface area contributed by atoms with Crippen molar-refractivity contribution in [1.82, 2.24) is 14.9 Å². The summed E-state index contributed by atoms with van der Waals surface area (Å²) in [6.07, 6.45) is 4.28. The molecule has 144 valence electrons. The fraction of sp³-hybridized carbons (Fsp3) is 0.222. The lowest BCUT2D eigenvalue weighted by atomic mass is 10.2. The van der Waals surface area contributed by atoms with Crippen molar-refractivity contribution in [2.45, 2.75) is 11.4 Å². The zero-order valence-corrected chi connectivity index (χ0v) is 15.8. The summed E-state index contributed by atoms with van der Waals surface area (Å²) in [6, 6.07) is 9.40. The molecule has 0 saturated carbocycles. The summed E-state index contributed by atoms with van der Waals surface area (Å²) in [6.45, 7) is -0.0302. The molecule has 0 aliphatic rings. The van der Waals surface area contributed by atoms with Crippen LogP contribution in [0.15, 0.2) is 58.1 Å². The average Bonchev–Trinajstić information content (AvgIpc) is 3.16. The molecule has 0 fully saturated rings. The van der Waals surface area contributed by atoms with Gasteiger partial charge < -0.3 is 14.6 Å². The van der Waals surface area contributed by atoms with Gasteiger partial charge in [0.05, 0.1) is 24.2 Å². The van der Waals surface area contributed by atoms with Crippen LogP contribution in [0.1, 0.15) is 11.3 Å². The van der Waals surface area contributed by atoms with Gasteiger partial charge in [0, 0.05) is 20.2 Å². The highest BCUT2D eigenvalue weighted by molar-refractivity contribution is 7.89. The molecule has 2 rings (SSSR count). The maximum absolute atomic E-state index is 12.2. The highest BCUT2D eigenvalue weighted by Gasteiger charge is 2.14. The molecule has 0 aliphatic carbocycles. The van der Waals surface area contributed by atoms with Crippen LogP contribution >= 0.6 is 0 Å². The lowest BCUT2D eigenvalue weighted by molar-refractivity contribution is -0.129. The van der Waals surface area contributed by atoms with Crippen LogP contribution in [0.5, 0.6) is 0 Å². The number of benzene rings is 1. The number of sulfonamides is 1. The molecule has 2 N–H and O–H groups in total. The minimum absolute atomic E-state index is 0.0584. The predicted octanol–water partition coefficient (Wildman–Crippen LogP) is 0.976. The first-order valence-electron chi connectivity index (χ1n) is 8.06. The van der Waals surface area contributed by atoms with E-state index in [2.05, 4.69) is 10.0 Å². The van der Waals surface area contributed by atoms with Crippen LogP contribution in [0.25, 0.3) is 6.08 Å². The molecule has 0 unspecified atom stereocenters. The second-order valence-electron chi connectivity index (χ2n) is 5.81. The van der Waals surface area contributed by atoms with Gasteiger partial charge in [-0.1, -0.05) is 12.1 Å². The SMILES string of the molecule is CN(C)C(=O)CNC(=O)/C=C/c1ccc(S(=O)(=O)NCc2ccco2)cc1. The molecular weight excluding hydrogens is 370 g/mol. The van der Waals surface area contributed by atoms with E-state index in [0.29, 0.717) is 11.3 Å². The summed E-state index contributed by atoms with van der Waals surface area (Å²) >= 11 is 0. The first-order valence-corrected chi connectivity index (χ1v) is 9.54. The molecule has 2 aromatic rings. The van der Waals surface area contributed by atoms with Gasteiger partial charge in [-0.25, -0.2) is 13.1 Å². The molecular formula is C18H21N3O5S. The number of rotatable bonds is 8. The maximum atomic E-state index is 12.2. The number of amides is 2. The summed E-state index contributed by atoms with van der Waals surface area (Å²) in [5.74, 6) is -0.118. The Balaban J connectivity index is 1.92. The molecule has 0 atom stereocenters. The van der Waals surface area contributed by atoms with Gasteiger partial charge >= 0.3 is 0 Å². The normalized spacial score (nSPS) is 11.5. The zero-order valence-electron chi connectivity index (χ0n) is 15.0. The molecule has 27 heavy (non-hydrogen) atoms. The van der Waals surface area contributed by atoms with E-state index in [-0.39, 0.29) is 23.9 Å². The first kappa shape index (κ1) is 20.4. The number of likely N-dealkylation sites (N-methyl/N-ethyl adjacent to an activating group) is 1. The number of carbonyl (C=O) groups is 2. The van der Waals surface area contributed by atoms with Gasteiger partial charge in [-0.05, 0) is 35.9 Å². The van der Waals surface area contributed by atoms with Crippen LogP contribution in [0, 0.1) is 0 Å². The number of nitrogens with zero attached hydrogens (tertiary/aromatic N) is 1. The maximum Gasteiger partial charge on any atom is 0.244 e. The van der Waals surface area contributed by atoms with Crippen molar-refractivity contribution >= 4 is 27.9 Å². The summed E-state index contributed by atoms with van der Waals surface area (Å²) in [5, 5.41) is 2.47. The van der Waals surface area contributed by atoms with Crippen LogP contribution in [-0.4, -0.2) is 45.8 Å². The van der Waals surface area contributed by atoms with Crippen LogP contribution in [0.3, 0.4) is 0 Å². The van der Waals surface area contributed by atoms with Gasteiger partial charge in [0.15, 0.2) is 0 Å². The molecule has 1 heterocycles. The Labute approximate surface area is 157 Å². The number of hydrogen-bond donors (Lipinski definition) is 2. The van der Waals surface area contributed by atoms with Gasteiger partial charge in [-0.2, -0.15) is 0 Å². The van der Waals surface area contributed by atoms with Gasteiger partial charge in [-0.3, -0.25) is 9.59 Å².